The Labute approximate surface area is 31.7 Å². The van der Waals surface area contributed by atoms with Gasteiger partial charge in [-0.1, -0.05) is 6.08 Å². The maximum absolute atomic E-state index is 3.92. The first-order valence-electron chi connectivity index (χ1n) is 1.68. The van der Waals surface area contributed by atoms with Gasteiger partial charge in [-0.05, 0) is 6.08 Å². The van der Waals surface area contributed by atoms with Crippen LogP contribution in [0.1, 0.15) is 0 Å². The molecule has 1 aliphatic rings. The van der Waals surface area contributed by atoms with Gasteiger partial charge in [0.05, 0.1) is 0 Å². The fourth-order valence-electron chi connectivity index (χ4n) is 0.323. The molecule has 0 saturated heterocycles. The van der Waals surface area contributed by atoms with Crippen LogP contribution in [0.4, 0.5) is 0 Å². The van der Waals surface area contributed by atoms with Gasteiger partial charge in [0.1, 0.15) is 0 Å². The van der Waals surface area contributed by atoms with Crippen LogP contribution in [0, 0.1) is 6.08 Å². The first-order valence-corrected chi connectivity index (χ1v) is 1.68. The summed E-state index contributed by atoms with van der Waals surface area (Å²) < 4.78 is 0. The lowest BCUT2D eigenvalue weighted by atomic mass is 10.6. The van der Waals surface area contributed by atoms with Crippen LogP contribution in [0.25, 0.3) is 0 Å². The van der Waals surface area contributed by atoms with Gasteiger partial charge in [-0.3, -0.25) is 0 Å². The average Bonchev–Trinajstić information content (AvgIpc) is 1.76. The summed E-state index contributed by atoms with van der Waals surface area (Å²) in [4.78, 5) is 0. The third-order valence-electron chi connectivity index (χ3n) is 0.568. The molecule has 1 nitrogen and oxygen atoms in total. The second-order valence-corrected chi connectivity index (χ2v) is 0.973. The van der Waals surface area contributed by atoms with Gasteiger partial charge in [-0.2, -0.15) is 0 Å². The van der Waals surface area contributed by atoms with Crippen LogP contribution in [-0.4, -0.2) is 13.1 Å². The van der Waals surface area contributed by atoms with E-state index < -0.39 is 0 Å². The third-order valence-corrected chi connectivity index (χ3v) is 0.568. The summed E-state index contributed by atoms with van der Waals surface area (Å²) in [5, 5.41) is 3.92. The van der Waals surface area contributed by atoms with Crippen molar-refractivity contribution in [3.05, 3.63) is 12.2 Å². The van der Waals surface area contributed by atoms with Crippen LogP contribution in [0.3, 0.4) is 0 Å². The maximum Gasteiger partial charge on any atom is 0.0388 e. The lowest BCUT2D eigenvalue weighted by Gasteiger charge is -1.72. The molecule has 5 heavy (non-hydrogen) atoms. The van der Waals surface area contributed by atoms with E-state index in [0.29, 0.717) is 0 Å². The quantitative estimate of drug-likeness (QED) is 0.377. The van der Waals surface area contributed by atoms with Gasteiger partial charge < -0.3 is 0 Å². The molecule has 0 N–H and O–H groups in total. The average molecular weight is 67.1 g/mol. The summed E-state index contributed by atoms with van der Waals surface area (Å²) in [6, 6.07) is 0. The van der Waals surface area contributed by atoms with Crippen LogP contribution < -0.4 is 5.32 Å². The molecule has 1 rings (SSSR count). The Morgan fingerprint density at radius 1 is 1.80 bits per heavy atom. The maximum atomic E-state index is 3.92. The minimum absolute atomic E-state index is 0.819. The predicted molar refractivity (Wildman–Crippen MR) is 19.7 cm³/mol. The number of hydrogen-bond donors (Lipinski definition) is 0. The van der Waals surface area contributed by atoms with Crippen LogP contribution in [0.2, 0.25) is 0 Å². The summed E-state index contributed by atoms with van der Waals surface area (Å²) >= 11 is 0. The van der Waals surface area contributed by atoms with Gasteiger partial charge in [0.15, 0.2) is 0 Å². The number of hydrogen-bond acceptors (Lipinski definition) is 0. The van der Waals surface area contributed by atoms with E-state index in [0.717, 1.165) is 13.1 Å². The Bertz CT molecular complexity index is 41.6. The fraction of sp³-hybridized carbons (Fsp3) is 0.500. The molecule has 0 aromatic heterocycles. The minimum Gasteiger partial charge on any atom is -0.233 e. The van der Waals surface area contributed by atoms with Crippen LogP contribution in [0.15, 0.2) is 6.08 Å². The largest absolute Gasteiger partial charge is 0.233 e. The number of rotatable bonds is 0. The topological polar surface area (TPSA) is 14.1 Å². The SMILES string of the molecule is [C]1=CC[N]C1. The molecule has 1 aliphatic heterocycles. The van der Waals surface area contributed by atoms with E-state index in [1.54, 1.807) is 0 Å². The Balaban J connectivity index is 2.32. The van der Waals surface area contributed by atoms with Crippen molar-refractivity contribution in [2.75, 3.05) is 13.1 Å². The molecule has 0 bridgehead atoms. The summed E-state index contributed by atoms with van der Waals surface area (Å²) in [5.41, 5.74) is 0. The first kappa shape index (κ1) is 2.91. The monoisotopic (exact) mass is 67.0 g/mol. The summed E-state index contributed by atoms with van der Waals surface area (Å²) in [6.07, 6.45) is 4.88. The highest BCUT2D eigenvalue weighted by Crippen LogP contribution is 1.76. The molecule has 0 atom stereocenters. The van der Waals surface area contributed by atoms with Crippen molar-refractivity contribution >= 4 is 0 Å². The molecule has 1 heterocycles. The molecule has 0 unspecified atom stereocenters. The molecular formula is C4H5N. The zero-order chi connectivity index (χ0) is 3.54. The van der Waals surface area contributed by atoms with Gasteiger partial charge in [0.2, 0.25) is 0 Å². The molecule has 0 aromatic rings. The summed E-state index contributed by atoms with van der Waals surface area (Å²) in [6.45, 7) is 1.71. The minimum atomic E-state index is 0.819. The second-order valence-electron chi connectivity index (χ2n) is 0.973. The molecule has 26 valence electrons. The zero-order valence-electron chi connectivity index (χ0n) is 2.94. The van der Waals surface area contributed by atoms with Gasteiger partial charge in [0.25, 0.3) is 0 Å². The highest BCUT2D eigenvalue weighted by molar-refractivity contribution is 4.84. The Morgan fingerprint density at radius 2 is 2.80 bits per heavy atom. The van der Waals surface area contributed by atoms with Crippen molar-refractivity contribution < 1.29 is 0 Å². The zero-order valence-corrected chi connectivity index (χ0v) is 2.94. The van der Waals surface area contributed by atoms with Gasteiger partial charge in [-0.15, -0.1) is 0 Å². The normalized spacial score (nSPS) is 20.8. The van der Waals surface area contributed by atoms with Crippen molar-refractivity contribution in [2.24, 2.45) is 0 Å². The third kappa shape index (κ3) is 0.484. The van der Waals surface area contributed by atoms with Gasteiger partial charge >= 0.3 is 0 Å². The van der Waals surface area contributed by atoms with E-state index in [1.807, 2.05) is 6.08 Å². The molecule has 0 fully saturated rings. The standard InChI is InChI=1S/C4H5N/c1-2-4-5-3-1/h1H,3-4H2. The second kappa shape index (κ2) is 1.22. The van der Waals surface area contributed by atoms with Gasteiger partial charge in [-0.25, -0.2) is 5.32 Å². The molecule has 2 radical (unpaired) electrons. The summed E-state index contributed by atoms with van der Waals surface area (Å²) in [5.74, 6) is 0. The van der Waals surface area contributed by atoms with Crippen molar-refractivity contribution in [2.45, 2.75) is 0 Å². The Hall–Kier alpha value is -0.300. The van der Waals surface area contributed by atoms with Crippen LogP contribution in [-0.2, 0) is 0 Å². The molecule has 0 spiro atoms. The van der Waals surface area contributed by atoms with E-state index in [4.69, 9.17) is 0 Å². The first-order chi connectivity index (χ1) is 2.50. The van der Waals surface area contributed by atoms with E-state index in [1.165, 1.54) is 0 Å². The highest BCUT2D eigenvalue weighted by atomic mass is 14.9. The van der Waals surface area contributed by atoms with E-state index in [9.17, 15) is 0 Å². The van der Waals surface area contributed by atoms with E-state index >= 15 is 0 Å². The molecule has 0 aliphatic carbocycles. The van der Waals surface area contributed by atoms with Crippen molar-refractivity contribution in [1.82, 2.24) is 5.32 Å². The Kier molecular flexibility index (Phi) is 0.711. The van der Waals surface area contributed by atoms with Crippen molar-refractivity contribution in [3.63, 3.8) is 0 Å². The van der Waals surface area contributed by atoms with E-state index in [-0.39, 0.29) is 0 Å². The van der Waals surface area contributed by atoms with Crippen LogP contribution in [0.5, 0.6) is 0 Å². The smallest absolute Gasteiger partial charge is 0.0388 e. The summed E-state index contributed by atoms with van der Waals surface area (Å²) in [7, 11) is 0. The van der Waals surface area contributed by atoms with Crippen molar-refractivity contribution in [3.8, 4) is 0 Å². The lowest BCUT2D eigenvalue weighted by Crippen LogP contribution is -1.94. The molecule has 1 heteroatoms. The molecule has 0 amide bonds. The molecule has 0 aromatic carbocycles. The van der Waals surface area contributed by atoms with Crippen LogP contribution >= 0.6 is 0 Å². The number of nitrogens with zero attached hydrogens (tertiary/aromatic N) is 1. The van der Waals surface area contributed by atoms with Gasteiger partial charge in [0, 0.05) is 13.1 Å². The molecule has 0 saturated carbocycles. The lowest BCUT2D eigenvalue weighted by molar-refractivity contribution is 0.866. The predicted octanol–water partition coefficient (Wildman–Crippen LogP) is -0.0362. The van der Waals surface area contributed by atoms with E-state index in [2.05, 4.69) is 11.4 Å². The highest BCUT2D eigenvalue weighted by Gasteiger charge is 1.85. The molecular weight excluding hydrogens is 62.1 g/mol. The van der Waals surface area contributed by atoms with Crippen molar-refractivity contribution in [1.29, 1.82) is 0 Å². The fourth-order valence-corrected chi connectivity index (χ4v) is 0.323. The Morgan fingerprint density at radius 3 is 3.00 bits per heavy atom.